The van der Waals surface area contributed by atoms with Crippen LogP contribution < -0.4 is 10.6 Å². The van der Waals surface area contributed by atoms with Crippen LogP contribution in [0.15, 0.2) is 78.9 Å². The summed E-state index contributed by atoms with van der Waals surface area (Å²) in [6, 6.07) is 26.4. The number of amides is 2. The predicted molar refractivity (Wildman–Crippen MR) is 156 cm³/mol. The number of benzene rings is 3. The predicted octanol–water partition coefficient (Wildman–Crippen LogP) is 6.86. The Morgan fingerprint density at radius 1 is 0.872 bits per heavy atom. The lowest BCUT2D eigenvalue weighted by Crippen LogP contribution is -2.14. The molecule has 0 bridgehead atoms. The van der Waals surface area contributed by atoms with E-state index in [1.165, 1.54) is 22.7 Å². The lowest BCUT2D eigenvalue weighted by Gasteiger charge is -2.06. The van der Waals surface area contributed by atoms with Gasteiger partial charge in [0.2, 0.25) is 5.91 Å². The molecule has 9 heteroatoms. The molecule has 3 aromatic carbocycles. The first-order chi connectivity index (χ1) is 18.9. The summed E-state index contributed by atoms with van der Waals surface area (Å²) in [6.07, 6.45) is 0.0612. The molecule has 0 unspecified atom stereocenters. The van der Waals surface area contributed by atoms with Crippen LogP contribution in [0.2, 0.25) is 0 Å². The number of hydrogen-bond donors (Lipinski definition) is 2. The Bertz CT molecular complexity index is 1700. The number of carbonyl (C=O) groups excluding carboxylic acids is 2. The van der Waals surface area contributed by atoms with Crippen molar-refractivity contribution in [3.8, 4) is 27.9 Å². The van der Waals surface area contributed by atoms with Crippen molar-refractivity contribution in [1.82, 2.24) is 9.97 Å². The molecule has 0 fully saturated rings. The zero-order valence-electron chi connectivity index (χ0n) is 21.2. The number of aromatic nitrogens is 2. The molecule has 39 heavy (non-hydrogen) atoms. The second kappa shape index (κ2) is 11.4. The minimum absolute atomic E-state index is 0.0612. The first-order valence-corrected chi connectivity index (χ1v) is 13.7. The maximum absolute atomic E-state index is 13.2. The second-order valence-electron chi connectivity index (χ2n) is 8.83. The standard InChI is InChI=1S/C30H23N5O2S2/c1-18-11-13-22(14-12-18)29-32-19(2)27(39-29)28(37)35-30-34-26(21-8-4-3-5-9-21)24(38-30)16-25(36)33-23-10-6-7-20(15-23)17-31/h3-15H,16H2,1-2H3,(H,33,36)(H,34,35,37). The van der Waals surface area contributed by atoms with Crippen molar-refractivity contribution in [2.24, 2.45) is 0 Å². The van der Waals surface area contributed by atoms with Gasteiger partial charge in [-0.15, -0.1) is 22.7 Å². The molecular weight excluding hydrogens is 526 g/mol. The number of anilines is 2. The van der Waals surface area contributed by atoms with Crippen molar-refractivity contribution >= 4 is 45.3 Å². The lowest BCUT2D eigenvalue weighted by molar-refractivity contribution is -0.115. The molecule has 2 N–H and O–H groups in total. The molecule has 5 aromatic rings. The number of carbonyl (C=O) groups is 2. The Hall–Kier alpha value is -4.65. The smallest absolute Gasteiger partial charge is 0.269 e. The molecule has 7 nitrogen and oxygen atoms in total. The molecule has 0 atom stereocenters. The second-order valence-corrected chi connectivity index (χ2v) is 10.9. The van der Waals surface area contributed by atoms with E-state index in [-0.39, 0.29) is 18.2 Å². The van der Waals surface area contributed by atoms with E-state index in [2.05, 4.69) is 26.7 Å². The molecule has 0 radical (unpaired) electrons. The van der Waals surface area contributed by atoms with Gasteiger partial charge in [0.25, 0.3) is 5.91 Å². The van der Waals surface area contributed by atoms with Crippen LogP contribution in [-0.2, 0) is 11.2 Å². The average Bonchev–Trinajstić information content (AvgIpc) is 3.52. The topological polar surface area (TPSA) is 108 Å². The molecule has 0 saturated heterocycles. The maximum Gasteiger partial charge on any atom is 0.269 e. The lowest BCUT2D eigenvalue weighted by atomic mass is 10.1. The SMILES string of the molecule is Cc1ccc(-c2nc(C)c(C(=O)Nc3nc(-c4ccccc4)c(CC(=O)Nc4cccc(C#N)c4)s3)s2)cc1. The molecule has 0 aliphatic heterocycles. The normalized spacial score (nSPS) is 10.6. The van der Waals surface area contributed by atoms with Crippen LogP contribution in [0.3, 0.4) is 0 Å². The van der Waals surface area contributed by atoms with Gasteiger partial charge in [0.15, 0.2) is 5.13 Å². The number of rotatable bonds is 7. The molecule has 5 rings (SSSR count). The Balaban J connectivity index is 1.38. The Morgan fingerprint density at radius 3 is 2.38 bits per heavy atom. The van der Waals surface area contributed by atoms with Crippen molar-refractivity contribution in [3.05, 3.63) is 105 Å². The zero-order valence-corrected chi connectivity index (χ0v) is 22.8. The van der Waals surface area contributed by atoms with Gasteiger partial charge in [-0.2, -0.15) is 5.26 Å². The highest BCUT2D eigenvalue weighted by atomic mass is 32.1. The number of aryl methyl sites for hydroxylation is 2. The number of thiazole rings is 2. The quantitative estimate of drug-likeness (QED) is 0.231. The van der Waals surface area contributed by atoms with Crippen LogP contribution >= 0.6 is 22.7 Å². The van der Waals surface area contributed by atoms with E-state index in [0.717, 1.165) is 21.7 Å². The highest BCUT2D eigenvalue weighted by Crippen LogP contribution is 2.33. The fourth-order valence-corrected chi connectivity index (χ4v) is 5.89. The van der Waals surface area contributed by atoms with E-state index in [1.54, 1.807) is 24.3 Å². The van der Waals surface area contributed by atoms with E-state index in [0.29, 0.717) is 37.5 Å². The summed E-state index contributed by atoms with van der Waals surface area (Å²) in [5, 5.41) is 16.1. The maximum atomic E-state index is 13.2. The molecule has 0 saturated carbocycles. The van der Waals surface area contributed by atoms with Gasteiger partial charge >= 0.3 is 0 Å². The number of nitriles is 1. The van der Waals surface area contributed by atoms with Crippen LogP contribution in [0.4, 0.5) is 10.8 Å². The number of nitrogens with zero attached hydrogens (tertiary/aromatic N) is 3. The van der Waals surface area contributed by atoms with Crippen LogP contribution in [0, 0.1) is 25.2 Å². The minimum atomic E-state index is -0.291. The molecule has 0 aliphatic carbocycles. The Morgan fingerprint density at radius 2 is 1.64 bits per heavy atom. The largest absolute Gasteiger partial charge is 0.326 e. The van der Waals surface area contributed by atoms with E-state index in [9.17, 15) is 9.59 Å². The van der Waals surface area contributed by atoms with Gasteiger partial charge in [-0.05, 0) is 32.0 Å². The van der Waals surface area contributed by atoms with Gasteiger partial charge in [-0.3, -0.25) is 14.9 Å². The summed E-state index contributed by atoms with van der Waals surface area (Å²) in [7, 11) is 0. The van der Waals surface area contributed by atoms with E-state index < -0.39 is 0 Å². The monoisotopic (exact) mass is 549 g/mol. The first kappa shape index (κ1) is 26.0. The molecule has 2 heterocycles. The van der Waals surface area contributed by atoms with Crippen LogP contribution in [-0.4, -0.2) is 21.8 Å². The summed E-state index contributed by atoms with van der Waals surface area (Å²) in [6.45, 7) is 3.84. The highest BCUT2D eigenvalue weighted by Gasteiger charge is 2.21. The number of hydrogen-bond acceptors (Lipinski definition) is 7. The molecule has 0 spiro atoms. The summed E-state index contributed by atoms with van der Waals surface area (Å²) in [5.41, 5.74) is 5.25. The van der Waals surface area contributed by atoms with Crippen LogP contribution in [0.25, 0.3) is 21.8 Å². The number of nitrogens with one attached hydrogen (secondary N) is 2. The van der Waals surface area contributed by atoms with Gasteiger partial charge in [-0.25, -0.2) is 9.97 Å². The third kappa shape index (κ3) is 6.09. The van der Waals surface area contributed by atoms with Gasteiger partial charge in [-0.1, -0.05) is 66.2 Å². The van der Waals surface area contributed by atoms with Gasteiger partial charge < -0.3 is 5.32 Å². The fourth-order valence-electron chi connectivity index (χ4n) is 3.94. The summed E-state index contributed by atoms with van der Waals surface area (Å²) in [5.74, 6) is -0.536. The van der Waals surface area contributed by atoms with Gasteiger partial charge in [0.1, 0.15) is 9.88 Å². The molecule has 2 amide bonds. The van der Waals surface area contributed by atoms with Gasteiger partial charge in [0, 0.05) is 21.7 Å². The Kier molecular flexibility index (Phi) is 7.59. The third-order valence-electron chi connectivity index (χ3n) is 5.86. The third-order valence-corrected chi connectivity index (χ3v) is 8.04. The van der Waals surface area contributed by atoms with Crippen molar-refractivity contribution in [2.75, 3.05) is 10.6 Å². The van der Waals surface area contributed by atoms with Crippen molar-refractivity contribution < 1.29 is 9.59 Å². The molecule has 0 aliphatic rings. The van der Waals surface area contributed by atoms with Gasteiger partial charge in [0.05, 0.1) is 29.4 Å². The first-order valence-electron chi connectivity index (χ1n) is 12.1. The fraction of sp³-hybridized carbons (Fsp3) is 0.100. The zero-order chi connectivity index (χ0) is 27.4. The molecule has 192 valence electrons. The van der Waals surface area contributed by atoms with Crippen molar-refractivity contribution in [1.29, 1.82) is 5.26 Å². The summed E-state index contributed by atoms with van der Waals surface area (Å²) >= 11 is 2.60. The van der Waals surface area contributed by atoms with Crippen LogP contribution in [0.1, 0.15) is 31.4 Å². The Labute approximate surface area is 233 Å². The van der Waals surface area contributed by atoms with E-state index in [1.807, 2.05) is 68.4 Å². The van der Waals surface area contributed by atoms with Crippen molar-refractivity contribution in [3.63, 3.8) is 0 Å². The minimum Gasteiger partial charge on any atom is -0.326 e. The van der Waals surface area contributed by atoms with Crippen LogP contribution in [0.5, 0.6) is 0 Å². The molecular formula is C30H23N5O2S2. The van der Waals surface area contributed by atoms with E-state index in [4.69, 9.17) is 5.26 Å². The highest BCUT2D eigenvalue weighted by molar-refractivity contribution is 7.18. The summed E-state index contributed by atoms with van der Waals surface area (Å²) < 4.78 is 0. The van der Waals surface area contributed by atoms with E-state index >= 15 is 0 Å². The molecule has 2 aromatic heterocycles. The average molecular weight is 550 g/mol. The van der Waals surface area contributed by atoms with Crippen molar-refractivity contribution in [2.45, 2.75) is 20.3 Å². The summed E-state index contributed by atoms with van der Waals surface area (Å²) in [4.78, 5) is 36.7.